The fourth-order valence-electron chi connectivity index (χ4n) is 2.63. The number of nitrogens with one attached hydrogen (secondary N) is 1. The van der Waals surface area contributed by atoms with Gasteiger partial charge in [-0.25, -0.2) is 4.79 Å². The minimum Gasteiger partial charge on any atom is -0.477 e. The van der Waals surface area contributed by atoms with Crippen LogP contribution in [0.5, 0.6) is 0 Å². The van der Waals surface area contributed by atoms with Crippen molar-refractivity contribution in [2.75, 3.05) is 6.54 Å². The van der Waals surface area contributed by atoms with Crippen molar-refractivity contribution in [2.24, 2.45) is 11.1 Å². The minimum absolute atomic E-state index is 0.0462. The van der Waals surface area contributed by atoms with Crippen LogP contribution < -0.4 is 5.32 Å². The molecule has 19 heavy (non-hydrogen) atoms. The monoisotopic (exact) mass is 268 g/mol. The highest BCUT2D eigenvalue weighted by molar-refractivity contribution is 6.36. The summed E-state index contributed by atoms with van der Waals surface area (Å²) in [5.74, 6) is -0.683. The molecule has 2 N–H and O–H groups in total. The Balaban J connectivity index is 1.64. The Morgan fingerprint density at radius 2 is 2.05 bits per heavy atom. The predicted octanol–water partition coefficient (Wildman–Crippen LogP) is 1.30. The van der Waals surface area contributed by atoms with Gasteiger partial charge >= 0.3 is 5.97 Å². The van der Waals surface area contributed by atoms with Crippen molar-refractivity contribution in [1.29, 1.82) is 0 Å². The Labute approximate surface area is 112 Å². The van der Waals surface area contributed by atoms with Gasteiger partial charge in [-0.05, 0) is 12.3 Å². The van der Waals surface area contributed by atoms with Gasteiger partial charge in [0.15, 0.2) is 5.71 Å². The Bertz CT molecular complexity index is 375. The van der Waals surface area contributed by atoms with Gasteiger partial charge in [0.25, 0.3) is 5.91 Å². The molecule has 0 aromatic rings. The van der Waals surface area contributed by atoms with E-state index in [-0.39, 0.29) is 18.0 Å². The van der Waals surface area contributed by atoms with Gasteiger partial charge in [0.1, 0.15) is 0 Å². The van der Waals surface area contributed by atoms with E-state index in [1.54, 1.807) is 0 Å². The van der Waals surface area contributed by atoms with Crippen LogP contribution in [0.3, 0.4) is 0 Å². The molecule has 1 amide bonds. The molecule has 0 radical (unpaired) electrons. The highest BCUT2D eigenvalue weighted by Gasteiger charge is 2.31. The lowest BCUT2D eigenvalue weighted by Gasteiger charge is -2.21. The summed E-state index contributed by atoms with van der Waals surface area (Å²) in [4.78, 5) is 27.2. The number of carbonyl (C=O) groups is 2. The topological polar surface area (TPSA) is 88.0 Å². The summed E-state index contributed by atoms with van der Waals surface area (Å²) in [5, 5.41) is 14.9. The summed E-state index contributed by atoms with van der Waals surface area (Å²) >= 11 is 0. The number of nitrogens with zero attached hydrogens (tertiary/aromatic N) is 1. The Kier molecular flexibility index (Phi) is 4.76. The molecule has 6 nitrogen and oxygen atoms in total. The molecule has 1 heterocycles. The fourth-order valence-corrected chi connectivity index (χ4v) is 2.63. The van der Waals surface area contributed by atoms with Crippen LogP contribution in [0.2, 0.25) is 0 Å². The molecular formula is C13H20N2O4. The molecule has 1 aliphatic carbocycles. The van der Waals surface area contributed by atoms with Gasteiger partial charge in [-0.3, -0.25) is 4.79 Å². The average molecular weight is 268 g/mol. The maximum atomic E-state index is 11.8. The van der Waals surface area contributed by atoms with Crippen LogP contribution in [0, 0.1) is 5.92 Å². The highest BCUT2D eigenvalue weighted by Crippen LogP contribution is 2.25. The lowest BCUT2D eigenvalue weighted by atomic mass is 9.87. The lowest BCUT2D eigenvalue weighted by molar-refractivity contribution is -0.131. The van der Waals surface area contributed by atoms with Gasteiger partial charge in [0.2, 0.25) is 6.10 Å². The van der Waals surface area contributed by atoms with Crippen LogP contribution in [0.1, 0.15) is 44.9 Å². The number of carboxylic acids is 1. The summed E-state index contributed by atoms with van der Waals surface area (Å²) < 4.78 is 0. The van der Waals surface area contributed by atoms with Gasteiger partial charge in [0, 0.05) is 13.0 Å². The standard InChI is InChI=1S/C13H20N2O4/c16-12(11-8-10(13(17)18)15-19-11)14-7-6-9-4-2-1-3-5-9/h9,11H,1-8H2,(H,14,16)(H,17,18). The van der Waals surface area contributed by atoms with Crippen LogP contribution in [0.15, 0.2) is 5.16 Å². The second kappa shape index (κ2) is 6.54. The van der Waals surface area contributed by atoms with E-state index in [1.165, 1.54) is 32.1 Å². The zero-order valence-corrected chi connectivity index (χ0v) is 10.9. The highest BCUT2D eigenvalue weighted by atomic mass is 16.6. The van der Waals surface area contributed by atoms with Gasteiger partial charge in [-0.15, -0.1) is 0 Å². The molecule has 1 atom stereocenters. The van der Waals surface area contributed by atoms with Crippen molar-refractivity contribution in [2.45, 2.75) is 51.0 Å². The molecular weight excluding hydrogens is 248 g/mol. The van der Waals surface area contributed by atoms with Crippen LogP contribution >= 0.6 is 0 Å². The van der Waals surface area contributed by atoms with Gasteiger partial charge in [-0.1, -0.05) is 37.3 Å². The number of carbonyl (C=O) groups excluding carboxylic acids is 1. The van der Waals surface area contributed by atoms with Crippen LogP contribution in [-0.2, 0) is 14.4 Å². The smallest absolute Gasteiger partial charge is 0.353 e. The zero-order valence-electron chi connectivity index (χ0n) is 10.9. The van der Waals surface area contributed by atoms with E-state index in [1.807, 2.05) is 0 Å². The summed E-state index contributed by atoms with van der Waals surface area (Å²) in [5.41, 5.74) is -0.0903. The van der Waals surface area contributed by atoms with Crippen LogP contribution in [-0.4, -0.2) is 35.3 Å². The maximum Gasteiger partial charge on any atom is 0.353 e. The molecule has 2 rings (SSSR count). The van der Waals surface area contributed by atoms with Crippen molar-refractivity contribution in [1.82, 2.24) is 5.32 Å². The molecule has 0 aromatic carbocycles. The third-order valence-corrected chi connectivity index (χ3v) is 3.78. The molecule has 0 saturated heterocycles. The van der Waals surface area contributed by atoms with Crippen molar-refractivity contribution in [3.63, 3.8) is 0 Å². The van der Waals surface area contributed by atoms with E-state index in [9.17, 15) is 9.59 Å². The largest absolute Gasteiger partial charge is 0.477 e. The molecule has 1 aliphatic heterocycles. The maximum absolute atomic E-state index is 11.8. The quantitative estimate of drug-likeness (QED) is 0.786. The van der Waals surface area contributed by atoms with E-state index in [4.69, 9.17) is 9.94 Å². The fraction of sp³-hybridized carbons (Fsp3) is 0.769. The number of amides is 1. The Hall–Kier alpha value is -1.59. The molecule has 2 aliphatic rings. The summed E-state index contributed by atoms with van der Waals surface area (Å²) in [6.07, 6.45) is 6.67. The second-order valence-corrected chi connectivity index (χ2v) is 5.23. The summed E-state index contributed by atoms with van der Waals surface area (Å²) in [6.45, 7) is 0.631. The van der Waals surface area contributed by atoms with Crippen LogP contribution in [0.25, 0.3) is 0 Å². The van der Waals surface area contributed by atoms with Crippen molar-refractivity contribution < 1.29 is 19.5 Å². The SMILES string of the molecule is O=C(O)C1=NOC(C(=O)NCCC2CCCCC2)C1. The zero-order chi connectivity index (χ0) is 13.7. The first-order valence-corrected chi connectivity index (χ1v) is 6.90. The summed E-state index contributed by atoms with van der Waals surface area (Å²) in [7, 11) is 0. The molecule has 6 heteroatoms. The number of hydrogen-bond donors (Lipinski definition) is 2. The van der Waals surface area contributed by atoms with Gasteiger partial charge in [0.05, 0.1) is 0 Å². The van der Waals surface area contributed by atoms with Gasteiger partial charge in [-0.2, -0.15) is 0 Å². The van der Waals surface area contributed by atoms with Crippen molar-refractivity contribution >= 4 is 17.6 Å². The Morgan fingerprint density at radius 1 is 1.32 bits per heavy atom. The molecule has 0 bridgehead atoms. The van der Waals surface area contributed by atoms with E-state index < -0.39 is 12.1 Å². The number of hydrogen-bond acceptors (Lipinski definition) is 4. The van der Waals surface area contributed by atoms with E-state index in [0.717, 1.165) is 6.42 Å². The second-order valence-electron chi connectivity index (χ2n) is 5.23. The molecule has 0 spiro atoms. The lowest BCUT2D eigenvalue weighted by Crippen LogP contribution is -2.36. The van der Waals surface area contributed by atoms with E-state index in [0.29, 0.717) is 12.5 Å². The molecule has 1 saturated carbocycles. The number of oxime groups is 1. The first-order valence-electron chi connectivity index (χ1n) is 6.90. The number of rotatable bonds is 5. The molecule has 106 valence electrons. The minimum atomic E-state index is -1.13. The first kappa shape index (κ1) is 13.8. The van der Waals surface area contributed by atoms with E-state index >= 15 is 0 Å². The Morgan fingerprint density at radius 3 is 2.68 bits per heavy atom. The van der Waals surface area contributed by atoms with Crippen LogP contribution in [0.4, 0.5) is 0 Å². The first-order chi connectivity index (χ1) is 9.16. The van der Waals surface area contributed by atoms with Crippen molar-refractivity contribution in [3.05, 3.63) is 0 Å². The molecule has 1 unspecified atom stereocenters. The van der Waals surface area contributed by atoms with E-state index in [2.05, 4.69) is 10.5 Å². The third-order valence-electron chi connectivity index (χ3n) is 3.78. The summed E-state index contributed by atoms with van der Waals surface area (Å²) in [6, 6.07) is 0. The number of carboxylic acid groups (broad SMARTS) is 1. The molecule has 1 fully saturated rings. The normalized spacial score (nSPS) is 23.6. The predicted molar refractivity (Wildman–Crippen MR) is 68.8 cm³/mol. The van der Waals surface area contributed by atoms with Crippen molar-refractivity contribution in [3.8, 4) is 0 Å². The van der Waals surface area contributed by atoms with Gasteiger partial charge < -0.3 is 15.3 Å². The third kappa shape index (κ3) is 3.94. The average Bonchev–Trinajstić information content (AvgIpc) is 2.89. The number of aliphatic carboxylic acids is 1. The molecule has 0 aromatic heterocycles.